The Morgan fingerprint density at radius 3 is 2.55 bits per heavy atom. The van der Waals surface area contributed by atoms with Gasteiger partial charge in [0.15, 0.2) is 0 Å². The van der Waals surface area contributed by atoms with Gasteiger partial charge in [0.1, 0.15) is 4.21 Å². The predicted molar refractivity (Wildman–Crippen MR) is 113 cm³/mol. The molecule has 2 aromatic carbocycles. The van der Waals surface area contributed by atoms with Crippen molar-refractivity contribution < 1.29 is 26.4 Å². The van der Waals surface area contributed by atoms with Gasteiger partial charge in [-0.25, -0.2) is 8.42 Å². The number of nitrogens with one attached hydrogen (secondary N) is 1. The third-order valence-corrected chi connectivity index (χ3v) is 8.12. The number of hydrogen-bond acceptors (Lipinski definition) is 4. The zero-order chi connectivity index (χ0) is 22.2. The lowest BCUT2D eigenvalue weighted by molar-refractivity contribution is -0.137. The number of sulfonamides is 1. The summed E-state index contributed by atoms with van der Waals surface area (Å²) in [4.78, 5) is 12.6. The minimum absolute atomic E-state index is 0.203. The van der Waals surface area contributed by atoms with Crippen LogP contribution in [0.25, 0.3) is 0 Å². The summed E-state index contributed by atoms with van der Waals surface area (Å²) in [6.45, 7) is 0.279. The fourth-order valence-corrected chi connectivity index (χ4v) is 6.15. The minimum atomic E-state index is -4.67. The molecular weight excluding hydrogens is 449 g/mol. The molecule has 0 aliphatic carbocycles. The number of rotatable bonds is 4. The van der Waals surface area contributed by atoms with Crippen LogP contribution >= 0.6 is 11.3 Å². The van der Waals surface area contributed by atoms with Crippen LogP contribution in [-0.4, -0.2) is 20.9 Å². The summed E-state index contributed by atoms with van der Waals surface area (Å²) in [6.07, 6.45) is -3.37. The third kappa shape index (κ3) is 4.17. The Balaban J connectivity index is 1.67. The highest BCUT2D eigenvalue weighted by molar-refractivity contribution is 7.94. The van der Waals surface area contributed by atoms with Gasteiger partial charge in [0, 0.05) is 12.2 Å². The molecule has 0 fully saturated rings. The number of thiophene rings is 1. The average molecular weight is 467 g/mol. The van der Waals surface area contributed by atoms with Crippen molar-refractivity contribution in [2.24, 2.45) is 0 Å². The Morgan fingerprint density at radius 2 is 1.84 bits per heavy atom. The smallest absolute Gasteiger partial charge is 0.322 e. The molecule has 10 heteroatoms. The molecule has 1 aromatic heterocycles. The van der Waals surface area contributed by atoms with Gasteiger partial charge < -0.3 is 5.32 Å². The lowest BCUT2D eigenvalue weighted by Crippen LogP contribution is -2.35. The number of amides is 1. The molecule has 5 nitrogen and oxygen atoms in total. The number of carbonyl (C=O) groups excluding carboxylic acids is 1. The van der Waals surface area contributed by atoms with Gasteiger partial charge >= 0.3 is 6.18 Å². The summed E-state index contributed by atoms with van der Waals surface area (Å²) in [5, 5.41) is 4.14. The molecule has 1 N–H and O–H groups in total. The first-order valence-corrected chi connectivity index (χ1v) is 11.7. The van der Waals surface area contributed by atoms with Gasteiger partial charge in [-0.3, -0.25) is 9.10 Å². The lowest BCUT2D eigenvalue weighted by atomic mass is 10.0. The zero-order valence-electron chi connectivity index (χ0n) is 16.0. The first-order chi connectivity index (χ1) is 14.7. The van der Waals surface area contributed by atoms with E-state index in [-0.39, 0.29) is 16.4 Å². The van der Waals surface area contributed by atoms with E-state index in [4.69, 9.17) is 0 Å². The monoisotopic (exact) mass is 466 g/mol. The van der Waals surface area contributed by atoms with Crippen molar-refractivity contribution in [2.45, 2.75) is 23.2 Å². The van der Waals surface area contributed by atoms with E-state index in [0.29, 0.717) is 18.5 Å². The molecule has 0 spiro atoms. The Bertz CT molecular complexity index is 1220. The summed E-state index contributed by atoms with van der Waals surface area (Å²) in [5.74, 6) is -0.920. The molecule has 0 radical (unpaired) electrons. The van der Waals surface area contributed by atoms with Crippen molar-refractivity contribution >= 4 is 38.6 Å². The maximum absolute atomic E-state index is 13.2. The number of halogens is 3. The summed E-state index contributed by atoms with van der Waals surface area (Å²) in [7, 11) is -3.77. The van der Waals surface area contributed by atoms with Crippen molar-refractivity contribution in [2.75, 3.05) is 16.2 Å². The van der Waals surface area contributed by atoms with E-state index in [1.807, 2.05) is 0 Å². The van der Waals surface area contributed by atoms with Gasteiger partial charge in [0.05, 0.1) is 16.8 Å². The number of hydrogen-bond donors (Lipinski definition) is 1. The molecule has 3 aromatic rings. The van der Waals surface area contributed by atoms with Crippen LogP contribution in [0.4, 0.5) is 24.5 Å². The number of aryl methyl sites for hydroxylation is 1. The second-order valence-electron chi connectivity index (χ2n) is 6.95. The van der Waals surface area contributed by atoms with E-state index in [9.17, 15) is 26.4 Å². The number of alkyl halides is 3. The van der Waals surface area contributed by atoms with Crippen LogP contribution in [0, 0.1) is 0 Å². The molecule has 162 valence electrons. The van der Waals surface area contributed by atoms with E-state index in [2.05, 4.69) is 5.32 Å². The molecule has 2 heterocycles. The van der Waals surface area contributed by atoms with Crippen molar-refractivity contribution in [3.8, 4) is 0 Å². The SMILES string of the molecule is O=C(Nc1ccc2c(c1)N(S(=O)(=O)c1cccs1)CCC2)c1ccccc1C(F)(F)F. The fraction of sp³-hybridized carbons (Fsp3) is 0.190. The number of nitrogens with zero attached hydrogens (tertiary/aromatic N) is 1. The highest BCUT2D eigenvalue weighted by Crippen LogP contribution is 2.36. The molecule has 1 amide bonds. The third-order valence-electron chi connectivity index (χ3n) is 4.94. The molecular formula is C21H17F3N2O3S2. The number of benzene rings is 2. The zero-order valence-corrected chi connectivity index (χ0v) is 17.7. The van der Waals surface area contributed by atoms with Crippen LogP contribution in [0.5, 0.6) is 0 Å². The number of carbonyl (C=O) groups is 1. The number of anilines is 2. The van der Waals surface area contributed by atoms with Crippen LogP contribution in [0.3, 0.4) is 0 Å². The maximum Gasteiger partial charge on any atom is 0.417 e. The molecule has 0 bridgehead atoms. The average Bonchev–Trinajstić information content (AvgIpc) is 3.28. The summed E-state index contributed by atoms with van der Waals surface area (Å²) in [6, 6.07) is 12.4. The van der Waals surface area contributed by atoms with Crippen LogP contribution in [0.1, 0.15) is 27.9 Å². The number of fused-ring (bicyclic) bond motifs is 1. The molecule has 4 rings (SSSR count). The van der Waals surface area contributed by atoms with Crippen molar-refractivity contribution in [3.63, 3.8) is 0 Å². The second-order valence-corrected chi connectivity index (χ2v) is 9.99. The van der Waals surface area contributed by atoms with Gasteiger partial charge in [-0.15, -0.1) is 11.3 Å². The Morgan fingerprint density at radius 1 is 1.06 bits per heavy atom. The van der Waals surface area contributed by atoms with Crippen LogP contribution < -0.4 is 9.62 Å². The topological polar surface area (TPSA) is 66.5 Å². The van der Waals surface area contributed by atoms with E-state index in [1.165, 1.54) is 28.6 Å². The van der Waals surface area contributed by atoms with Crippen LogP contribution in [0.15, 0.2) is 64.2 Å². The molecule has 1 aliphatic heterocycles. The molecule has 0 saturated carbocycles. The highest BCUT2D eigenvalue weighted by Gasteiger charge is 2.35. The van der Waals surface area contributed by atoms with Gasteiger partial charge in [0.2, 0.25) is 0 Å². The summed E-state index contributed by atoms with van der Waals surface area (Å²) < 4.78 is 67.3. The Labute approximate surface area is 181 Å². The molecule has 0 saturated heterocycles. The van der Waals surface area contributed by atoms with Crippen molar-refractivity contribution in [1.29, 1.82) is 0 Å². The Kier molecular flexibility index (Phi) is 5.52. The first-order valence-electron chi connectivity index (χ1n) is 9.35. The molecule has 31 heavy (non-hydrogen) atoms. The van der Waals surface area contributed by atoms with Crippen LogP contribution in [0.2, 0.25) is 0 Å². The van der Waals surface area contributed by atoms with Gasteiger partial charge in [-0.2, -0.15) is 13.2 Å². The largest absolute Gasteiger partial charge is 0.417 e. The lowest BCUT2D eigenvalue weighted by Gasteiger charge is -2.30. The van der Waals surface area contributed by atoms with E-state index in [0.717, 1.165) is 29.0 Å². The normalized spacial score (nSPS) is 14.2. The summed E-state index contributed by atoms with van der Waals surface area (Å²) >= 11 is 1.11. The van der Waals surface area contributed by atoms with Crippen LogP contribution in [-0.2, 0) is 22.6 Å². The fourth-order valence-electron chi connectivity index (χ4n) is 3.51. The van der Waals surface area contributed by atoms with E-state index >= 15 is 0 Å². The standard InChI is InChI=1S/C21H17F3N2O3S2/c22-21(23,24)17-7-2-1-6-16(17)20(27)25-15-10-9-14-5-3-11-26(18(14)13-15)31(28,29)19-8-4-12-30-19/h1-2,4,6-10,12-13H,3,5,11H2,(H,25,27). The highest BCUT2D eigenvalue weighted by atomic mass is 32.2. The molecule has 0 unspecified atom stereocenters. The van der Waals surface area contributed by atoms with Gasteiger partial charge in [-0.05, 0) is 54.1 Å². The first kappa shape index (κ1) is 21.4. The predicted octanol–water partition coefficient (Wildman–Crippen LogP) is 5.16. The van der Waals surface area contributed by atoms with E-state index in [1.54, 1.807) is 23.6 Å². The second kappa shape index (κ2) is 8.01. The molecule has 1 aliphatic rings. The van der Waals surface area contributed by atoms with Gasteiger partial charge in [0.25, 0.3) is 15.9 Å². The van der Waals surface area contributed by atoms with E-state index < -0.39 is 33.2 Å². The van der Waals surface area contributed by atoms with Crippen molar-refractivity contribution in [1.82, 2.24) is 0 Å². The van der Waals surface area contributed by atoms with Crippen molar-refractivity contribution in [3.05, 3.63) is 76.7 Å². The van der Waals surface area contributed by atoms with Gasteiger partial charge in [-0.1, -0.05) is 24.3 Å². The molecule has 0 atom stereocenters. The maximum atomic E-state index is 13.2. The quantitative estimate of drug-likeness (QED) is 0.578. The minimum Gasteiger partial charge on any atom is -0.322 e. The Hall–Kier alpha value is -2.85. The summed E-state index contributed by atoms with van der Waals surface area (Å²) in [5.41, 5.74) is -0.112.